The highest BCUT2D eigenvalue weighted by atomic mass is 79.9. The summed E-state index contributed by atoms with van der Waals surface area (Å²) in [6.07, 6.45) is 6.68. The molecule has 0 amide bonds. The van der Waals surface area contributed by atoms with E-state index in [9.17, 15) is 0 Å². The first kappa shape index (κ1) is 8.15. The zero-order valence-electron chi connectivity index (χ0n) is 5.70. The lowest BCUT2D eigenvalue weighted by atomic mass is 10.2. The van der Waals surface area contributed by atoms with Crippen molar-refractivity contribution in [2.75, 3.05) is 0 Å². The van der Waals surface area contributed by atoms with Gasteiger partial charge in [-0.2, -0.15) is 0 Å². The van der Waals surface area contributed by atoms with Gasteiger partial charge in [0.2, 0.25) is 0 Å². The predicted molar refractivity (Wildman–Crippen MR) is 48.2 cm³/mol. The Morgan fingerprint density at radius 2 is 2.50 bits per heavy atom. The standard InChI is InChI=1S/C7H9BrClN/c1-2-7(8)4-3-6(9)5-10-7/h3-5,10H,2H2,1H3. The van der Waals surface area contributed by atoms with Gasteiger partial charge in [-0.1, -0.05) is 34.5 Å². The van der Waals surface area contributed by atoms with Crippen LogP contribution in [0.3, 0.4) is 0 Å². The maximum absolute atomic E-state index is 5.69. The smallest absolute Gasteiger partial charge is 0.111 e. The molecule has 0 aromatic rings. The van der Waals surface area contributed by atoms with Crippen LogP contribution >= 0.6 is 27.5 Å². The number of allylic oxidation sites excluding steroid dienone is 2. The van der Waals surface area contributed by atoms with Crippen LogP contribution in [0.1, 0.15) is 13.3 Å². The first-order valence-corrected chi connectivity index (χ1v) is 4.35. The van der Waals surface area contributed by atoms with Gasteiger partial charge in [0.25, 0.3) is 0 Å². The third-order valence-corrected chi connectivity index (χ3v) is 2.76. The molecule has 0 bridgehead atoms. The highest BCUT2D eigenvalue weighted by Gasteiger charge is 2.20. The number of hydrogen-bond acceptors (Lipinski definition) is 1. The third kappa shape index (κ3) is 1.77. The molecule has 0 spiro atoms. The minimum absolute atomic E-state index is 0.0780. The van der Waals surface area contributed by atoms with Crippen LogP contribution in [0, 0.1) is 0 Å². The monoisotopic (exact) mass is 221 g/mol. The van der Waals surface area contributed by atoms with E-state index in [0.717, 1.165) is 11.5 Å². The van der Waals surface area contributed by atoms with Crippen molar-refractivity contribution in [2.45, 2.75) is 17.8 Å². The van der Waals surface area contributed by atoms with E-state index < -0.39 is 0 Å². The summed E-state index contributed by atoms with van der Waals surface area (Å²) in [5.41, 5.74) is 0. The second-order valence-electron chi connectivity index (χ2n) is 2.22. The molecule has 0 radical (unpaired) electrons. The molecule has 1 aliphatic heterocycles. The topological polar surface area (TPSA) is 12.0 Å². The number of hydrogen-bond donors (Lipinski definition) is 1. The number of alkyl halides is 1. The van der Waals surface area contributed by atoms with Gasteiger partial charge >= 0.3 is 0 Å². The van der Waals surface area contributed by atoms with E-state index >= 15 is 0 Å². The Morgan fingerprint density at radius 3 is 2.90 bits per heavy atom. The van der Waals surface area contributed by atoms with Crippen LogP contribution in [0.15, 0.2) is 23.4 Å². The summed E-state index contributed by atoms with van der Waals surface area (Å²) in [7, 11) is 0. The molecule has 1 unspecified atom stereocenters. The van der Waals surface area contributed by atoms with Crippen LogP contribution in [-0.2, 0) is 0 Å². The Bertz CT molecular complexity index is 188. The SMILES string of the molecule is CCC1(Br)C=CC(Cl)=CN1. The predicted octanol–water partition coefficient (Wildman–Crippen LogP) is 2.73. The highest BCUT2D eigenvalue weighted by molar-refractivity contribution is 9.10. The van der Waals surface area contributed by atoms with Gasteiger partial charge in [-0.25, -0.2) is 0 Å². The van der Waals surface area contributed by atoms with Crippen molar-refractivity contribution in [3.8, 4) is 0 Å². The second kappa shape index (κ2) is 2.97. The maximum Gasteiger partial charge on any atom is 0.111 e. The molecule has 0 aromatic heterocycles. The molecule has 0 aromatic carbocycles. The summed E-state index contributed by atoms with van der Waals surface area (Å²) < 4.78 is -0.0780. The van der Waals surface area contributed by atoms with E-state index in [-0.39, 0.29) is 4.45 Å². The minimum Gasteiger partial charge on any atom is -0.372 e. The van der Waals surface area contributed by atoms with Crippen LogP contribution in [-0.4, -0.2) is 4.45 Å². The van der Waals surface area contributed by atoms with Crippen molar-refractivity contribution in [1.29, 1.82) is 0 Å². The molecule has 1 nitrogen and oxygen atoms in total. The summed E-state index contributed by atoms with van der Waals surface area (Å²) in [5, 5.41) is 3.87. The van der Waals surface area contributed by atoms with Crippen molar-refractivity contribution in [3.05, 3.63) is 23.4 Å². The number of rotatable bonds is 1. The molecule has 0 saturated carbocycles. The molecule has 3 heteroatoms. The van der Waals surface area contributed by atoms with Gasteiger partial charge in [-0.3, -0.25) is 0 Å². The maximum atomic E-state index is 5.69. The summed E-state index contributed by atoms with van der Waals surface area (Å²) >= 11 is 9.21. The fourth-order valence-electron chi connectivity index (χ4n) is 0.717. The van der Waals surface area contributed by atoms with Gasteiger partial charge in [0.1, 0.15) is 4.45 Å². The molecule has 1 rings (SSSR count). The molecule has 0 fully saturated rings. The van der Waals surface area contributed by atoms with Gasteiger partial charge in [0.05, 0.1) is 5.03 Å². The van der Waals surface area contributed by atoms with E-state index in [1.54, 1.807) is 6.20 Å². The van der Waals surface area contributed by atoms with Crippen LogP contribution in [0.5, 0.6) is 0 Å². The van der Waals surface area contributed by atoms with Gasteiger partial charge in [0.15, 0.2) is 0 Å². The lowest BCUT2D eigenvalue weighted by molar-refractivity contribution is 0.626. The lowest BCUT2D eigenvalue weighted by Crippen LogP contribution is -2.34. The van der Waals surface area contributed by atoms with Gasteiger partial charge in [0, 0.05) is 6.20 Å². The van der Waals surface area contributed by atoms with Crippen LogP contribution in [0.4, 0.5) is 0 Å². The van der Waals surface area contributed by atoms with E-state index in [2.05, 4.69) is 28.2 Å². The fourth-order valence-corrected chi connectivity index (χ4v) is 1.08. The van der Waals surface area contributed by atoms with E-state index in [0.29, 0.717) is 0 Å². The second-order valence-corrected chi connectivity index (χ2v) is 4.07. The molecule has 1 N–H and O–H groups in total. The molecular formula is C7H9BrClN. The Labute approximate surface area is 74.3 Å². The van der Waals surface area contributed by atoms with Crippen molar-refractivity contribution in [3.63, 3.8) is 0 Å². The summed E-state index contributed by atoms with van der Waals surface area (Å²) in [6.45, 7) is 2.10. The Kier molecular flexibility index (Phi) is 2.42. The average molecular weight is 223 g/mol. The van der Waals surface area contributed by atoms with Crippen molar-refractivity contribution in [1.82, 2.24) is 5.32 Å². The van der Waals surface area contributed by atoms with Crippen molar-refractivity contribution < 1.29 is 0 Å². The first-order chi connectivity index (χ1) is 4.66. The highest BCUT2D eigenvalue weighted by Crippen LogP contribution is 2.25. The molecular weight excluding hydrogens is 213 g/mol. The fraction of sp³-hybridized carbons (Fsp3) is 0.429. The van der Waals surface area contributed by atoms with Crippen molar-refractivity contribution >= 4 is 27.5 Å². The number of halogens is 2. The zero-order chi connectivity index (χ0) is 7.61. The van der Waals surface area contributed by atoms with Gasteiger partial charge in [-0.15, -0.1) is 0 Å². The molecule has 1 atom stereocenters. The van der Waals surface area contributed by atoms with Crippen molar-refractivity contribution in [2.24, 2.45) is 0 Å². The van der Waals surface area contributed by atoms with E-state index in [1.165, 1.54) is 0 Å². The molecule has 56 valence electrons. The number of nitrogens with one attached hydrogen (secondary N) is 1. The quantitative estimate of drug-likeness (QED) is 0.531. The lowest BCUT2D eigenvalue weighted by Gasteiger charge is -2.25. The van der Waals surface area contributed by atoms with Gasteiger partial charge < -0.3 is 5.32 Å². The number of dihydropyridines is 1. The van der Waals surface area contributed by atoms with E-state index in [1.807, 2.05) is 12.2 Å². The molecule has 0 saturated heterocycles. The summed E-state index contributed by atoms with van der Waals surface area (Å²) in [5.74, 6) is 0. The van der Waals surface area contributed by atoms with Crippen LogP contribution in [0.25, 0.3) is 0 Å². The Hall–Kier alpha value is 0.0500. The summed E-state index contributed by atoms with van der Waals surface area (Å²) in [6, 6.07) is 0. The minimum atomic E-state index is -0.0780. The molecule has 1 heterocycles. The van der Waals surface area contributed by atoms with Crippen LogP contribution in [0.2, 0.25) is 0 Å². The third-order valence-electron chi connectivity index (χ3n) is 1.47. The molecule has 1 aliphatic rings. The van der Waals surface area contributed by atoms with Crippen LogP contribution < -0.4 is 5.32 Å². The summed E-state index contributed by atoms with van der Waals surface area (Å²) in [4.78, 5) is 0. The average Bonchev–Trinajstić information content (AvgIpc) is 1.96. The largest absolute Gasteiger partial charge is 0.372 e. The van der Waals surface area contributed by atoms with Gasteiger partial charge in [-0.05, 0) is 18.6 Å². The van der Waals surface area contributed by atoms with E-state index in [4.69, 9.17) is 11.6 Å². The Morgan fingerprint density at radius 1 is 1.80 bits per heavy atom. The molecule has 10 heavy (non-hydrogen) atoms. The zero-order valence-corrected chi connectivity index (χ0v) is 8.04. The molecule has 0 aliphatic carbocycles. The first-order valence-electron chi connectivity index (χ1n) is 3.18. The normalized spacial score (nSPS) is 31.3. The Balaban J connectivity index is 2.67.